The molecule has 1 aliphatic heterocycles. The summed E-state index contributed by atoms with van der Waals surface area (Å²) in [6, 6.07) is 1.06. The summed E-state index contributed by atoms with van der Waals surface area (Å²) >= 11 is 0. The summed E-state index contributed by atoms with van der Waals surface area (Å²) in [4.78, 5) is 6.19. The molecule has 0 amide bonds. The third kappa shape index (κ3) is 7.29. The van der Waals surface area contributed by atoms with Gasteiger partial charge in [0.2, 0.25) is 0 Å². The van der Waals surface area contributed by atoms with Gasteiger partial charge in [0.15, 0.2) is 0 Å². The van der Waals surface area contributed by atoms with E-state index in [0.717, 1.165) is 13.5 Å². The van der Waals surface area contributed by atoms with Crippen molar-refractivity contribution in [2.45, 2.75) is 104 Å². The standard InChI is InChI=1S/C18H43N2P3Si3/c1-14(2)19-16(21-18(24(5,6)7)25(8,9)10)23-17(22-23)20(15(3)4)26(11,12)13/h14-15,18,21H,1-13H3. The first-order valence-electron chi connectivity index (χ1n) is 9.98. The van der Waals surface area contributed by atoms with Crippen molar-refractivity contribution in [2.24, 2.45) is 4.99 Å². The van der Waals surface area contributed by atoms with E-state index in [0.29, 0.717) is 12.1 Å². The Morgan fingerprint density at radius 1 is 0.923 bits per heavy atom. The average molecular weight is 465 g/mol. The van der Waals surface area contributed by atoms with E-state index in [1.807, 2.05) is 0 Å². The van der Waals surface area contributed by atoms with Crippen LogP contribution in [0, 0.1) is 0 Å². The van der Waals surface area contributed by atoms with Crippen LogP contribution in [0.4, 0.5) is 0 Å². The van der Waals surface area contributed by atoms with Crippen molar-refractivity contribution >= 4 is 58.8 Å². The normalized spacial score (nSPS) is 20.9. The highest BCUT2D eigenvalue weighted by Gasteiger charge is 2.45. The van der Waals surface area contributed by atoms with Crippen molar-refractivity contribution < 1.29 is 0 Å². The van der Waals surface area contributed by atoms with Crippen LogP contribution in [0.25, 0.3) is 0 Å². The number of aliphatic imine (C=N–C) groups is 1. The Bertz CT molecular complexity index is 541. The molecule has 1 rings (SSSR count). The van der Waals surface area contributed by atoms with Gasteiger partial charge >= 0.3 is 0 Å². The first-order chi connectivity index (χ1) is 11.5. The quantitative estimate of drug-likeness (QED) is 0.195. The molecule has 0 N–H and O–H groups in total. The van der Waals surface area contributed by atoms with E-state index in [9.17, 15) is 0 Å². The second-order valence-corrected chi connectivity index (χ2v) is 34.4. The first kappa shape index (κ1) is 25.3. The summed E-state index contributed by atoms with van der Waals surface area (Å²) in [6.07, 6.45) is 0. The van der Waals surface area contributed by atoms with Crippen LogP contribution in [-0.2, 0) is 0 Å². The molecular weight excluding hydrogens is 421 g/mol. The zero-order valence-corrected chi connectivity index (χ0v) is 25.3. The molecule has 0 aromatic heterocycles. The topological polar surface area (TPSA) is 15.6 Å². The van der Waals surface area contributed by atoms with Gasteiger partial charge in [-0.05, 0) is 26.6 Å². The molecule has 1 heterocycles. The largest absolute Gasteiger partial charge is 0.289 e. The molecule has 2 atom stereocenters. The van der Waals surface area contributed by atoms with Gasteiger partial charge in [0.1, 0.15) is 8.24 Å². The minimum atomic E-state index is -1.32. The van der Waals surface area contributed by atoms with E-state index in [1.54, 1.807) is 18.2 Å². The van der Waals surface area contributed by atoms with Crippen LogP contribution in [0.1, 0.15) is 27.7 Å². The van der Waals surface area contributed by atoms with Gasteiger partial charge in [0, 0.05) is 35.8 Å². The van der Waals surface area contributed by atoms with Gasteiger partial charge in [-0.3, -0.25) is 9.56 Å². The predicted octanol–water partition coefficient (Wildman–Crippen LogP) is 7.54. The number of nitrogens with zero attached hydrogens (tertiary/aromatic N) is 2. The molecule has 2 unspecified atom stereocenters. The van der Waals surface area contributed by atoms with Gasteiger partial charge in [-0.15, -0.1) is 0 Å². The van der Waals surface area contributed by atoms with E-state index in [-0.39, 0.29) is 7.61 Å². The highest BCUT2D eigenvalue weighted by molar-refractivity contribution is 8.56. The highest BCUT2D eigenvalue weighted by Crippen LogP contribution is 2.74. The van der Waals surface area contributed by atoms with Crippen LogP contribution in [-0.4, -0.2) is 56.3 Å². The molecular formula is C18H43N2P3Si3. The molecule has 0 saturated heterocycles. The predicted molar refractivity (Wildman–Crippen MR) is 141 cm³/mol. The van der Waals surface area contributed by atoms with E-state index in [4.69, 9.17) is 4.99 Å². The Morgan fingerprint density at radius 3 is 1.69 bits per heavy atom. The molecule has 1 aliphatic rings. The van der Waals surface area contributed by atoms with E-state index < -0.39 is 24.4 Å². The fraction of sp³-hybridized carbons (Fsp3) is 0.889. The fourth-order valence-electron chi connectivity index (χ4n) is 3.92. The van der Waals surface area contributed by atoms with Crippen molar-refractivity contribution in [3.63, 3.8) is 0 Å². The van der Waals surface area contributed by atoms with E-state index >= 15 is 0 Å². The second-order valence-electron chi connectivity index (χ2n) is 11.2. The number of hydrogen-bond donors (Lipinski definition) is 0. The fourth-order valence-corrected chi connectivity index (χ4v) is 30.9. The Morgan fingerprint density at radius 2 is 1.38 bits per heavy atom. The van der Waals surface area contributed by atoms with Crippen LogP contribution in [0.5, 0.6) is 0 Å². The van der Waals surface area contributed by atoms with Gasteiger partial charge in [0.05, 0.1) is 10.4 Å². The second kappa shape index (κ2) is 8.99. The SMILES string of the molecule is CC(C)N=C(PC([Si](C)(C)C)[Si](C)(C)C)P1P=C1N(C(C)C)[Si](C)(C)C. The Labute approximate surface area is 171 Å². The Hall–Kier alpha value is 1.31. The first-order valence-corrected chi connectivity index (χ1v) is 24.6. The van der Waals surface area contributed by atoms with Crippen molar-refractivity contribution in [1.82, 2.24) is 4.57 Å². The smallest absolute Gasteiger partial charge is 0.125 e. The molecule has 0 fully saturated rings. The Kier molecular flexibility index (Phi) is 8.76. The van der Waals surface area contributed by atoms with Crippen molar-refractivity contribution in [1.29, 1.82) is 0 Å². The van der Waals surface area contributed by atoms with Gasteiger partial charge in [-0.2, -0.15) is 0 Å². The van der Waals surface area contributed by atoms with Crippen LogP contribution >= 0.6 is 24.1 Å². The van der Waals surface area contributed by atoms with Crippen molar-refractivity contribution in [3.8, 4) is 0 Å². The molecule has 0 spiro atoms. The maximum absolute atomic E-state index is 5.24. The number of rotatable bonds is 9. The van der Waals surface area contributed by atoms with Crippen LogP contribution < -0.4 is 0 Å². The summed E-state index contributed by atoms with van der Waals surface area (Å²) in [5.74, 6) is 0. The summed E-state index contributed by atoms with van der Waals surface area (Å²) in [7, 11) is -1.21. The summed E-state index contributed by atoms with van der Waals surface area (Å²) < 4.78 is 2.82. The van der Waals surface area contributed by atoms with Crippen LogP contribution in [0.15, 0.2) is 4.99 Å². The van der Waals surface area contributed by atoms with Crippen LogP contribution in [0.3, 0.4) is 0 Å². The lowest BCUT2D eigenvalue weighted by atomic mass is 10.4. The number of hydrogen-bond acceptors (Lipinski definition) is 2. The van der Waals surface area contributed by atoms with Crippen molar-refractivity contribution in [2.75, 3.05) is 0 Å². The maximum Gasteiger partial charge on any atom is 0.125 e. The van der Waals surface area contributed by atoms with Gasteiger partial charge in [0.25, 0.3) is 0 Å². The zero-order chi connectivity index (χ0) is 20.7. The molecule has 0 aromatic carbocycles. The minimum Gasteiger partial charge on any atom is -0.289 e. The third-order valence-electron chi connectivity index (χ3n) is 4.38. The molecule has 2 nitrogen and oxygen atoms in total. The molecule has 0 aromatic rings. The van der Waals surface area contributed by atoms with Gasteiger partial charge in [-0.1, -0.05) is 81.4 Å². The third-order valence-corrected chi connectivity index (χ3v) is 27.9. The summed E-state index contributed by atoms with van der Waals surface area (Å²) in [6.45, 7) is 32.3. The lowest BCUT2D eigenvalue weighted by Crippen LogP contribution is -2.51. The lowest BCUT2D eigenvalue weighted by Gasteiger charge is -2.39. The Balaban J connectivity index is 3.12. The zero-order valence-electron chi connectivity index (χ0n) is 19.5. The summed E-state index contributed by atoms with van der Waals surface area (Å²) in [5, 5.41) is 3.36. The molecule has 26 heavy (non-hydrogen) atoms. The minimum absolute atomic E-state index is 0.116. The van der Waals surface area contributed by atoms with E-state index in [2.05, 4.69) is 91.2 Å². The monoisotopic (exact) mass is 464 g/mol. The highest BCUT2D eigenvalue weighted by atomic mass is 32.1. The summed E-state index contributed by atoms with van der Waals surface area (Å²) in [5.41, 5.74) is 0. The van der Waals surface area contributed by atoms with Gasteiger partial charge < -0.3 is 0 Å². The average Bonchev–Trinajstić information content (AvgIpc) is 3.08. The maximum atomic E-state index is 5.24. The molecule has 0 saturated carbocycles. The molecule has 0 aliphatic carbocycles. The van der Waals surface area contributed by atoms with E-state index in [1.165, 1.54) is 0 Å². The lowest BCUT2D eigenvalue weighted by molar-refractivity contribution is 0.519. The molecule has 0 radical (unpaired) electrons. The van der Waals surface area contributed by atoms with Crippen LogP contribution in [0.2, 0.25) is 58.9 Å². The van der Waals surface area contributed by atoms with Crippen molar-refractivity contribution in [3.05, 3.63) is 0 Å². The molecule has 152 valence electrons. The van der Waals surface area contributed by atoms with Gasteiger partial charge in [-0.25, -0.2) is 0 Å². The molecule has 0 bridgehead atoms. The molecule has 8 heteroatoms.